The van der Waals surface area contributed by atoms with E-state index in [1.807, 2.05) is 4.72 Å². The molecule has 0 saturated heterocycles. The van der Waals surface area contributed by atoms with Gasteiger partial charge in [-0.1, -0.05) is 0 Å². The lowest BCUT2D eigenvalue weighted by molar-refractivity contribution is -0.139. The zero-order valence-electron chi connectivity index (χ0n) is 10.8. The summed E-state index contributed by atoms with van der Waals surface area (Å²) in [6.45, 7) is 0. The third-order valence-corrected chi connectivity index (χ3v) is 3.91. The predicted molar refractivity (Wildman–Crippen MR) is 68.1 cm³/mol. The summed E-state index contributed by atoms with van der Waals surface area (Å²) in [5, 5.41) is 12.0. The second-order valence-electron chi connectivity index (χ2n) is 4.13. The topological polar surface area (TPSA) is 114 Å². The Morgan fingerprint density at radius 1 is 1.52 bits per heavy atom. The van der Waals surface area contributed by atoms with Crippen LogP contribution in [0.4, 0.5) is 4.39 Å². The molecule has 0 saturated carbocycles. The number of carboxylic acids is 1. The zero-order valence-corrected chi connectivity index (χ0v) is 11.6. The molecule has 0 aliphatic heterocycles. The lowest BCUT2D eigenvalue weighted by Gasteiger charge is -2.13. The first-order valence-electron chi connectivity index (χ1n) is 5.65. The molecule has 0 fully saturated rings. The average Bonchev–Trinajstić information content (AvgIpc) is 2.82. The molecule has 10 heteroatoms. The molecule has 1 unspecified atom stereocenters. The van der Waals surface area contributed by atoms with Crippen LogP contribution in [0.1, 0.15) is 11.6 Å². The monoisotopic (exact) mass is 314 g/mol. The van der Waals surface area contributed by atoms with Gasteiger partial charge in [0, 0.05) is 25.0 Å². The Labute approximate surface area is 119 Å². The second kappa shape index (κ2) is 5.58. The van der Waals surface area contributed by atoms with Crippen molar-refractivity contribution in [1.29, 1.82) is 0 Å². The van der Waals surface area contributed by atoms with Gasteiger partial charge in [0.1, 0.15) is 6.04 Å². The minimum absolute atomic E-state index is 0.116. The first-order chi connectivity index (χ1) is 9.81. The standard InChI is InChI=1S/C11H11FN4O4S/c1-16-6-7(5-14-16)9(11(17)18)15-21(19,20)10-8(12)3-2-4-13-10/h2-6,9,15H,1H3,(H,17,18). The molecule has 0 aliphatic carbocycles. The molecule has 2 aromatic heterocycles. The van der Waals surface area contributed by atoms with Gasteiger partial charge in [0.2, 0.25) is 5.03 Å². The lowest BCUT2D eigenvalue weighted by atomic mass is 10.2. The Bertz CT molecular complexity index is 774. The van der Waals surface area contributed by atoms with Gasteiger partial charge in [0.05, 0.1) is 6.20 Å². The summed E-state index contributed by atoms with van der Waals surface area (Å²) in [6.07, 6.45) is 3.64. The number of hydrogen-bond donors (Lipinski definition) is 2. The van der Waals surface area contributed by atoms with E-state index in [9.17, 15) is 17.6 Å². The van der Waals surface area contributed by atoms with E-state index in [2.05, 4.69) is 10.1 Å². The smallest absolute Gasteiger partial charge is 0.326 e. The van der Waals surface area contributed by atoms with Crippen LogP contribution in [0.5, 0.6) is 0 Å². The lowest BCUT2D eigenvalue weighted by Crippen LogP contribution is -2.34. The van der Waals surface area contributed by atoms with Crippen LogP contribution in [0.3, 0.4) is 0 Å². The van der Waals surface area contributed by atoms with Crippen LogP contribution in [0.15, 0.2) is 35.7 Å². The Hall–Kier alpha value is -2.33. The maximum atomic E-state index is 13.5. The van der Waals surface area contributed by atoms with E-state index in [0.717, 1.165) is 12.3 Å². The quantitative estimate of drug-likeness (QED) is 0.806. The van der Waals surface area contributed by atoms with E-state index in [4.69, 9.17) is 5.11 Å². The highest BCUT2D eigenvalue weighted by Crippen LogP contribution is 2.17. The summed E-state index contributed by atoms with van der Waals surface area (Å²) in [4.78, 5) is 14.6. The number of carbonyl (C=O) groups is 1. The molecule has 1 atom stereocenters. The molecule has 2 N–H and O–H groups in total. The van der Waals surface area contributed by atoms with E-state index < -0.39 is 32.9 Å². The summed E-state index contributed by atoms with van der Waals surface area (Å²) < 4.78 is 40.8. The zero-order chi connectivity index (χ0) is 15.6. The number of nitrogens with one attached hydrogen (secondary N) is 1. The van der Waals surface area contributed by atoms with Gasteiger partial charge < -0.3 is 5.11 Å². The van der Waals surface area contributed by atoms with Crippen molar-refractivity contribution in [3.63, 3.8) is 0 Å². The van der Waals surface area contributed by atoms with Gasteiger partial charge in [0.25, 0.3) is 10.0 Å². The number of rotatable bonds is 5. The highest BCUT2D eigenvalue weighted by molar-refractivity contribution is 7.89. The van der Waals surface area contributed by atoms with E-state index >= 15 is 0 Å². The van der Waals surface area contributed by atoms with Crippen molar-refractivity contribution < 1.29 is 22.7 Å². The van der Waals surface area contributed by atoms with Crippen LogP contribution < -0.4 is 4.72 Å². The Morgan fingerprint density at radius 2 is 2.24 bits per heavy atom. The third kappa shape index (κ3) is 3.23. The SMILES string of the molecule is Cn1cc(C(NS(=O)(=O)c2ncccc2F)C(=O)O)cn1. The fourth-order valence-corrected chi connectivity index (χ4v) is 2.81. The van der Waals surface area contributed by atoms with Crippen molar-refractivity contribution in [1.82, 2.24) is 19.5 Å². The van der Waals surface area contributed by atoms with Gasteiger partial charge in [-0.3, -0.25) is 9.48 Å². The Kier molecular flexibility index (Phi) is 4.00. The number of nitrogens with zero attached hydrogens (tertiary/aromatic N) is 3. The van der Waals surface area contributed by atoms with Crippen LogP contribution in [-0.2, 0) is 21.9 Å². The molecule has 0 aliphatic rings. The molecular weight excluding hydrogens is 303 g/mol. The summed E-state index contributed by atoms with van der Waals surface area (Å²) in [5.74, 6) is -2.51. The third-order valence-electron chi connectivity index (χ3n) is 2.56. The van der Waals surface area contributed by atoms with Crippen molar-refractivity contribution in [2.45, 2.75) is 11.1 Å². The van der Waals surface area contributed by atoms with Gasteiger partial charge in [0.15, 0.2) is 5.82 Å². The van der Waals surface area contributed by atoms with Gasteiger partial charge in [-0.2, -0.15) is 9.82 Å². The van der Waals surface area contributed by atoms with E-state index in [1.165, 1.54) is 23.1 Å². The van der Waals surface area contributed by atoms with Crippen molar-refractivity contribution in [2.75, 3.05) is 0 Å². The van der Waals surface area contributed by atoms with Gasteiger partial charge in [-0.25, -0.2) is 17.8 Å². The maximum absolute atomic E-state index is 13.5. The normalized spacial score (nSPS) is 13.0. The van der Waals surface area contributed by atoms with Crippen molar-refractivity contribution in [2.24, 2.45) is 7.05 Å². The van der Waals surface area contributed by atoms with Crippen LogP contribution >= 0.6 is 0 Å². The largest absolute Gasteiger partial charge is 0.480 e. The van der Waals surface area contributed by atoms with Crippen LogP contribution in [-0.4, -0.2) is 34.3 Å². The number of aryl methyl sites for hydroxylation is 1. The number of pyridine rings is 1. The minimum atomic E-state index is -4.43. The van der Waals surface area contributed by atoms with Gasteiger partial charge in [-0.15, -0.1) is 0 Å². The minimum Gasteiger partial charge on any atom is -0.480 e. The van der Waals surface area contributed by atoms with Crippen LogP contribution in [0.25, 0.3) is 0 Å². The first kappa shape index (κ1) is 15.1. The van der Waals surface area contributed by atoms with E-state index in [1.54, 1.807) is 7.05 Å². The Morgan fingerprint density at radius 3 is 2.76 bits per heavy atom. The fourth-order valence-electron chi connectivity index (χ4n) is 1.63. The molecule has 21 heavy (non-hydrogen) atoms. The summed E-state index contributed by atoms with van der Waals surface area (Å²) in [5.41, 5.74) is 0.116. The number of carboxylic acid groups (broad SMARTS) is 1. The molecule has 0 bridgehead atoms. The summed E-state index contributed by atoms with van der Waals surface area (Å²) >= 11 is 0. The molecule has 2 aromatic rings. The van der Waals surface area contributed by atoms with Crippen LogP contribution in [0.2, 0.25) is 0 Å². The van der Waals surface area contributed by atoms with Crippen molar-refractivity contribution in [3.8, 4) is 0 Å². The van der Waals surface area contributed by atoms with Crippen molar-refractivity contribution in [3.05, 3.63) is 42.1 Å². The average molecular weight is 314 g/mol. The number of sulfonamides is 1. The van der Waals surface area contributed by atoms with Crippen molar-refractivity contribution >= 4 is 16.0 Å². The molecule has 112 valence electrons. The molecule has 0 radical (unpaired) electrons. The molecule has 8 nitrogen and oxygen atoms in total. The first-order valence-corrected chi connectivity index (χ1v) is 7.14. The molecule has 0 aromatic carbocycles. The highest BCUT2D eigenvalue weighted by atomic mass is 32.2. The van der Waals surface area contributed by atoms with E-state index in [0.29, 0.717) is 0 Å². The number of hydrogen-bond acceptors (Lipinski definition) is 5. The predicted octanol–water partition coefficient (Wildman–Crippen LogP) is 0.0584. The molecule has 2 heterocycles. The number of halogens is 1. The fraction of sp³-hybridized carbons (Fsp3) is 0.182. The molecular formula is C11H11FN4O4S. The number of aliphatic carboxylic acids is 1. The van der Waals surface area contributed by atoms with Gasteiger partial charge in [-0.05, 0) is 12.1 Å². The second-order valence-corrected chi connectivity index (χ2v) is 5.76. The summed E-state index contributed by atoms with van der Waals surface area (Å²) in [6, 6.07) is 0.552. The molecule has 0 spiro atoms. The van der Waals surface area contributed by atoms with E-state index in [-0.39, 0.29) is 5.56 Å². The number of aromatic nitrogens is 3. The maximum Gasteiger partial charge on any atom is 0.326 e. The highest BCUT2D eigenvalue weighted by Gasteiger charge is 2.30. The summed E-state index contributed by atoms with van der Waals surface area (Å²) in [7, 11) is -2.88. The molecule has 2 rings (SSSR count). The Balaban J connectivity index is 2.37. The van der Waals surface area contributed by atoms with Crippen LogP contribution in [0, 0.1) is 5.82 Å². The van der Waals surface area contributed by atoms with Gasteiger partial charge >= 0.3 is 5.97 Å². The molecule has 0 amide bonds.